The Morgan fingerprint density at radius 3 is 1.87 bits per heavy atom. The van der Waals surface area contributed by atoms with Gasteiger partial charge in [-0.3, -0.25) is 4.79 Å². The predicted molar refractivity (Wildman–Crippen MR) is 62.6 cm³/mol. The Balaban J connectivity index is 1.85. The van der Waals surface area contributed by atoms with Gasteiger partial charge in [0.2, 0.25) is 0 Å². The fourth-order valence-corrected chi connectivity index (χ4v) is 3.34. The molecule has 0 bridgehead atoms. The van der Waals surface area contributed by atoms with Crippen LogP contribution in [0.1, 0.15) is 58.8 Å². The summed E-state index contributed by atoms with van der Waals surface area (Å²) in [5.41, 5.74) is 0. The lowest BCUT2D eigenvalue weighted by Gasteiger charge is -2.27. The van der Waals surface area contributed by atoms with Gasteiger partial charge in [-0.1, -0.05) is 26.7 Å². The summed E-state index contributed by atoms with van der Waals surface area (Å²) in [5.74, 6) is 3.12. The highest BCUT2D eigenvalue weighted by Gasteiger charge is 2.33. The number of carbonyl (C=O) groups is 1. The van der Waals surface area contributed by atoms with E-state index in [1.807, 2.05) is 0 Å². The average molecular weight is 208 g/mol. The monoisotopic (exact) mass is 208 g/mol. The van der Waals surface area contributed by atoms with Gasteiger partial charge in [0.25, 0.3) is 0 Å². The number of rotatable bonds is 2. The molecule has 2 fully saturated rings. The molecular weight excluding hydrogens is 184 g/mol. The Labute approximate surface area is 93.6 Å². The van der Waals surface area contributed by atoms with Crippen LogP contribution in [-0.4, -0.2) is 5.78 Å². The van der Waals surface area contributed by atoms with Gasteiger partial charge in [-0.05, 0) is 43.9 Å². The third-order valence-electron chi connectivity index (χ3n) is 4.52. The van der Waals surface area contributed by atoms with Crippen molar-refractivity contribution in [2.24, 2.45) is 23.7 Å². The molecule has 0 aromatic heterocycles. The molecule has 0 aliphatic heterocycles. The van der Waals surface area contributed by atoms with E-state index < -0.39 is 0 Å². The van der Waals surface area contributed by atoms with Crippen molar-refractivity contribution >= 4 is 5.78 Å². The lowest BCUT2D eigenvalue weighted by molar-refractivity contribution is -0.127. The van der Waals surface area contributed by atoms with Crippen LogP contribution >= 0.6 is 0 Å². The lowest BCUT2D eigenvalue weighted by atomic mass is 9.77. The van der Waals surface area contributed by atoms with Crippen molar-refractivity contribution < 1.29 is 4.79 Å². The van der Waals surface area contributed by atoms with Gasteiger partial charge in [-0.2, -0.15) is 0 Å². The van der Waals surface area contributed by atoms with Gasteiger partial charge in [0.05, 0.1) is 0 Å². The normalized spacial score (nSPS) is 41.7. The van der Waals surface area contributed by atoms with E-state index in [0.717, 1.165) is 11.8 Å². The first-order valence-corrected chi connectivity index (χ1v) is 6.70. The molecular formula is C14H24O. The second-order valence-corrected chi connectivity index (χ2v) is 5.97. The highest BCUT2D eigenvalue weighted by Crippen LogP contribution is 2.37. The zero-order valence-corrected chi connectivity index (χ0v) is 10.2. The number of ketones is 1. The summed E-state index contributed by atoms with van der Waals surface area (Å²) in [4.78, 5) is 12.3. The molecule has 2 atom stereocenters. The number of Topliss-reactive ketones (excluding diaryl/α,β-unsaturated/α-hetero) is 1. The average Bonchev–Trinajstić information content (AvgIpc) is 2.65. The number of carbonyl (C=O) groups excluding carboxylic acids is 1. The van der Waals surface area contributed by atoms with Gasteiger partial charge < -0.3 is 0 Å². The first-order valence-electron chi connectivity index (χ1n) is 6.70. The van der Waals surface area contributed by atoms with E-state index in [1.54, 1.807) is 0 Å². The van der Waals surface area contributed by atoms with E-state index in [1.165, 1.54) is 44.9 Å². The second-order valence-electron chi connectivity index (χ2n) is 5.97. The van der Waals surface area contributed by atoms with Crippen molar-refractivity contribution in [3.8, 4) is 0 Å². The minimum Gasteiger partial charge on any atom is -0.299 e. The molecule has 1 heteroatoms. The van der Waals surface area contributed by atoms with Crippen molar-refractivity contribution in [3.63, 3.8) is 0 Å². The first-order chi connectivity index (χ1) is 7.16. The van der Waals surface area contributed by atoms with Crippen molar-refractivity contribution in [2.75, 3.05) is 0 Å². The molecule has 15 heavy (non-hydrogen) atoms. The third kappa shape index (κ3) is 2.62. The van der Waals surface area contributed by atoms with E-state index in [-0.39, 0.29) is 0 Å². The molecule has 86 valence electrons. The topological polar surface area (TPSA) is 17.1 Å². The fourth-order valence-electron chi connectivity index (χ4n) is 3.34. The maximum atomic E-state index is 12.3. The third-order valence-corrected chi connectivity index (χ3v) is 4.52. The maximum Gasteiger partial charge on any atom is 0.139 e. The Kier molecular flexibility index (Phi) is 3.48. The predicted octanol–water partition coefficient (Wildman–Crippen LogP) is 3.82. The molecule has 0 aromatic carbocycles. The highest BCUT2D eigenvalue weighted by molar-refractivity contribution is 5.83. The molecule has 0 aromatic rings. The minimum atomic E-state index is 0.427. The van der Waals surface area contributed by atoms with Gasteiger partial charge >= 0.3 is 0 Å². The Morgan fingerprint density at radius 2 is 1.33 bits per heavy atom. The van der Waals surface area contributed by atoms with Gasteiger partial charge in [0.1, 0.15) is 5.78 Å². The molecule has 2 saturated carbocycles. The van der Waals surface area contributed by atoms with Gasteiger partial charge in [0.15, 0.2) is 0 Å². The second kappa shape index (κ2) is 4.67. The van der Waals surface area contributed by atoms with E-state index in [2.05, 4.69) is 13.8 Å². The zero-order valence-electron chi connectivity index (χ0n) is 10.2. The molecule has 0 spiro atoms. The van der Waals surface area contributed by atoms with Crippen LogP contribution in [0.4, 0.5) is 0 Å². The van der Waals surface area contributed by atoms with Crippen LogP contribution in [0.25, 0.3) is 0 Å². The van der Waals surface area contributed by atoms with Crippen LogP contribution in [0, 0.1) is 23.7 Å². The molecule has 2 aliphatic carbocycles. The van der Waals surface area contributed by atoms with Crippen molar-refractivity contribution in [3.05, 3.63) is 0 Å². The van der Waals surface area contributed by atoms with Gasteiger partial charge in [-0.25, -0.2) is 0 Å². The van der Waals surface area contributed by atoms with Gasteiger partial charge in [0, 0.05) is 11.8 Å². The summed E-state index contributed by atoms with van der Waals surface area (Å²) < 4.78 is 0. The molecule has 2 unspecified atom stereocenters. The maximum absolute atomic E-state index is 12.3. The lowest BCUT2D eigenvalue weighted by Crippen LogP contribution is -2.26. The summed E-state index contributed by atoms with van der Waals surface area (Å²) in [7, 11) is 0. The molecule has 0 radical (unpaired) electrons. The molecule has 0 N–H and O–H groups in total. The molecule has 0 amide bonds. The molecule has 1 nitrogen and oxygen atoms in total. The highest BCUT2D eigenvalue weighted by atomic mass is 16.1. The van der Waals surface area contributed by atoms with Crippen molar-refractivity contribution in [2.45, 2.75) is 58.8 Å². The zero-order chi connectivity index (χ0) is 10.8. The van der Waals surface area contributed by atoms with Crippen LogP contribution in [0.3, 0.4) is 0 Å². The van der Waals surface area contributed by atoms with Crippen molar-refractivity contribution in [1.29, 1.82) is 0 Å². The standard InChI is InChI=1S/C14H24O/c1-10-3-6-12(7-4-10)14(15)13-8-5-11(2)9-13/h10-13H,3-9H2,1-2H3. The van der Waals surface area contributed by atoms with Crippen molar-refractivity contribution in [1.82, 2.24) is 0 Å². The summed E-state index contributed by atoms with van der Waals surface area (Å²) in [6.45, 7) is 4.61. The van der Waals surface area contributed by atoms with E-state index in [9.17, 15) is 4.79 Å². The summed E-state index contributed by atoms with van der Waals surface area (Å²) >= 11 is 0. The molecule has 0 saturated heterocycles. The van der Waals surface area contributed by atoms with Crippen LogP contribution in [0.2, 0.25) is 0 Å². The largest absolute Gasteiger partial charge is 0.299 e. The van der Waals surface area contributed by atoms with E-state index in [0.29, 0.717) is 17.6 Å². The van der Waals surface area contributed by atoms with E-state index >= 15 is 0 Å². The summed E-state index contributed by atoms with van der Waals surface area (Å²) in [5, 5.41) is 0. The Hall–Kier alpha value is -0.330. The molecule has 2 rings (SSSR count). The van der Waals surface area contributed by atoms with Crippen LogP contribution in [0.5, 0.6) is 0 Å². The van der Waals surface area contributed by atoms with Gasteiger partial charge in [-0.15, -0.1) is 0 Å². The first kappa shape index (κ1) is 11.2. The van der Waals surface area contributed by atoms with E-state index in [4.69, 9.17) is 0 Å². The smallest absolute Gasteiger partial charge is 0.139 e. The molecule has 2 aliphatic rings. The quantitative estimate of drug-likeness (QED) is 0.674. The van der Waals surface area contributed by atoms with Crippen LogP contribution in [-0.2, 0) is 4.79 Å². The summed E-state index contributed by atoms with van der Waals surface area (Å²) in [6, 6.07) is 0. The summed E-state index contributed by atoms with van der Waals surface area (Å²) in [6.07, 6.45) is 8.52. The molecule has 0 heterocycles. The SMILES string of the molecule is CC1CCC(C(=O)C2CCC(C)C2)CC1. The Bertz CT molecular complexity index is 225. The number of hydrogen-bond donors (Lipinski definition) is 0. The minimum absolute atomic E-state index is 0.427. The van der Waals surface area contributed by atoms with Crippen LogP contribution < -0.4 is 0 Å². The Morgan fingerprint density at radius 1 is 0.800 bits per heavy atom. The fraction of sp³-hybridized carbons (Fsp3) is 0.929. The van der Waals surface area contributed by atoms with Crippen LogP contribution in [0.15, 0.2) is 0 Å². The number of hydrogen-bond acceptors (Lipinski definition) is 1.